The Hall–Kier alpha value is -3.56. The Kier molecular flexibility index (Phi) is 3.93. The fourth-order valence-corrected chi connectivity index (χ4v) is 3.61. The highest BCUT2D eigenvalue weighted by molar-refractivity contribution is 5.90. The molecule has 9 nitrogen and oxygen atoms in total. The van der Waals surface area contributed by atoms with Crippen molar-refractivity contribution < 1.29 is 13.6 Å². The molecule has 0 bridgehead atoms. The number of imidazole rings is 1. The van der Waals surface area contributed by atoms with Crippen LogP contribution in [0.2, 0.25) is 0 Å². The zero-order chi connectivity index (χ0) is 20.1. The van der Waals surface area contributed by atoms with E-state index in [1.165, 1.54) is 10.6 Å². The van der Waals surface area contributed by atoms with Crippen molar-refractivity contribution in [2.24, 2.45) is 0 Å². The molecule has 0 aromatic carbocycles. The first-order valence-electron chi connectivity index (χ1n) is 9.33. The molecule has 1 N–H and O–H groups in total. The summed E-state index contributed by atoms with van der Waals surface area (Å²) in [4.78, 5) is 22.3. The van der Waals surface area contributed by atoms with Crippen LogP contribution in [-0.4, -0.2) is 47.1 Å². The number of aromatic amines is 1. The number of carbonyl (C=O) groups is 1. The predicted octanol–water partition coefficient (Wildman–Crippen LogP) is 2.49. The fourth-order valence-electron chi connectivity index (χ4n) is 3.61. The van der Waals surface area contributed by atoms with Crippen molar-refractivity contribution in [1.82, 2.24) is 34.7 Å². The molecule has 1 atom stereocenters. The van der Waals surface area contributed by atoms with Gasteiger partial charge in [-0.2, -0.15) is 5.10 Å². The summed E-state index contributed by atoms with van der Waals surface area (Å²) in [5.41, 5.74) is 2.44. The lowest BCUT2D eigenvalue weighted by molar-refractivity contribution is 0.0643. The normalized spacial score (nSPS) is 16.6. The number of rotatable bonds is 3. The molecule has 5 heterocycles. The quantitative estimate of drug-likeness (QED) is 0.571. The maximum Gasteiger partial charge on any atom is 0.312 e. The molecule has 0 saturated heterocycles. The maximum absolute atomic E-state index is 14.2. The lowest BCUT2D eigenvalue weighted by Crippen LogP contribution is -2.41. The van der Waals surface area contributed by atoms with Crippen LogP contribution >= 0.6 is 0 Å². The SMILES string of the molecule is CC(C)c1nnc(C(=O)N2CCc3[nH]cnc3C2c2cc3c(F)cccn3n2)o1. The van der Waals surface area contributed by atoms with Gasteiger partial charge in [0.15, 0.2) is 0 Å². The van der Waals surface area contributed by atoms with Crippen LogP contribution in [0.25, 0.3) is 5.52 Å². The molecule has 0 saturated carbocycles. The largest absolute Gasteiger partial charge is 0.417 e. The Morgan fingerprint density at radius 1 is 1.38 bits per heavy atom. The van der Waals surface area contributed by atoms with Gasteiger partial charge in [0, 0.05) is 30.8 Å². The van der Waals surface area contributed by atoms with Gasteiger partial charge in [0.2, 0.25) is 5.89 Å². The van der Waals surface area contributed by atoms with Crippen LogP contribution in [0.15, 0.2) is 35.1 Å². The van der Waals surface area contributed by atoms with E-state index in [1.807, 2.05) is 13.8 Å². The molecular weight excluding hydrogens is 377 g/mol. The highest BCUT2D eigenvalue weighted by Gasteiger charge is 2.38. The van der Waals surface area contributed by atoms with Gasteiger partial charge in [-0.05, 0) is 18.2 Å². The summed E-state index contributed by atoms with van der Waals surface area (Å²) in [7, 11) is 0. The number of H-pyrrole nitrogens is 1. The fraction of sp³-hybridized carbons (Fsp3) is 0.316. The molecule has 1 unspecified atom stereocenters. The van der Waals surface area contributed by atoms with Crippen molar-refractivity contribution in [3.05, 3.63) is 65.4 Å². The zero-order valence-corrected chi connectivity index (χ0v) is 15.8. The van der Waals surface area contributed by atoms with Gasteiger partial charge in [-0.1, -0.05) is 13.8 Å². The summed E-state index contributed by atoms with van der Waals surface area (Å²) in [5, 5.41) is 12.4. The van der Waals surface area contributed by atoms with Gasteiger partial charge in [0.1, 0.15) is 17.4 Å². The van der Waals surface area contributed by atoms with E-state index in [2.05, 4.69) is 25.3 Å². The number of nitrogens with one attached hydrogen (secondary N) is 1. The zero-order valence-electron chi connectivity index (χ0n) is 15.8. The standard InChI is InChI=1S/C19H18FN7O2/c1-10(2)17-23-24-18(29-17)19(28)26-7-5-12-15(22-9-21-12)16(26)13-8-14-11(20)4-3-6-27(14)25-13/h3-4,6,8-10,16H,5,7H2,1-2H3,(H,21,22). The van der Waals surface area contributed by atoms with Crippen LogP contribution in [0.4, 0.5) is 4.39 Å². The highest BCUT2D eigenvalue weighted by atomic mass is 19.1. The summed E-state index contributed by atoms with van der Waals surface area (Å²) >= 11 is 0. The van der Waals surface area contributed by atoms with Crippen LogP contribution in [-0.2, 0) is 6.42 Å². The molecule has 4 aromatic rings. The molecule has 5 rings (SSSR count). The number of hydrogen-bond acceptors (Lipinski definition) is 6. The van der Waals surface area contributed by atoms with E-state index >= 15 is 0 Å². The van der Waals surface area contributed by atoms with Crippen molar-refractivity contribution in [2.75, 3.05) is 6.54 Å². The lowest BCUT2D eigenvalue weighted by Gasteiger charge is -2.32. The number of hydrogen-bond donors (Lipinski definition) is 1. The second-order valence-corrected chi connectivity index (χ2v) is 7.27. The first-order valence-corrected chi connectivity index (χ1v) is 9.33. The molecule has 29 heavy (non-hydrogen) atoms. The Labute approximate surface area is 164 Å². The molecule has 0 aliphatic carbocycles. The topological polar surface area (TPSA) is 105 Å². The summed E-state index contributed by atoms with van der Waals surface area (Å²) in [6, 6.07) is 3.99. The Balaban J connectivity index is 1.60. The van der Waals surface area contributed by atoms with Crippen LogP contribution in [0.1, 0.15) is 59.5 Å². The molecular formula is C19H18FN7O2. The van der Waals surface area contributed by atoms with Gasteiger partial charge < -0.3 is 14.3 Å². The van der Waals surface area contributed by atoms with Gasteiger partial charge in [-0.3, -0.25) is 4.79 Å². The summed E-state index contributed by atoms with van der Waals surface area (Å²) in [5.74, 6) is -0.452. The van der Waals surface area contributed by atoms with Crippen molar-refractivity contribution >= 4 is 11.4 Å². The third-order valence-corrected chi connectivity index (χ3v) is 5.05. The van der Waals surface area contributed by atoms with E-state index in [1.54, 1.807) is 29.6 Å². The van der Waals surface area contributed by atoms with Gasteiger partial charge >= 0.3 is 11.8 Å². The number of aromatic nitrogens is 6. The van der Waals surface area contributed by atoms with Crippen LogP contribution in [0, 0.1) is 5.82 Å². The first-order chi connectivity index (χ1) is 14.0. The molecule has 0 radical (unpaired) electrons. The van der Waals surface area contributed by atoms with Crippen molar-refractivity contribution in [3.63, 3.8) is 0 Å². The Morgan fingerprint density at radius 3 is 3.00 bits per heavy atom. The number of amides is 1. The smallest absolute Gasteiger partial charge is 0.312 e. The van der Waals surface area contributed by atoms with Crippen LogP contribution in [0.3, 0.4) is 0 Å². The molecule has 1 aliphatic heterocycles. The van der Waals surface area contributed by atoms with Gasteiger partial charge in [-0.25, -0.2) is 13.9 Å². The van der Waals surface area contributed by atoms with E-state index in [0.29, 0.717) is 35.8 Å². The third kappa shape index (κ3) is 2.79. The molecule has 148 valence electrons. The molecule has 0 spiro atoms. The van der Waals surface area contributed by atoms with Crippen molar-refractivity contribution in [2.45, 2.75) is 32.2 Å². The van der Waals surface area contributed by atoms with E-state index in [0.717, 1.165) is 5.69 Å². The summed E-state index contributed by atoms with van der Waals surface area (Å²) in [6.45, 7) is 4.23. The monoisotopic (exact) mass is 395 g/mol. The average molecular weight is 395 g/mol. The molecule has 4 aromatic heterocycles. The van der Waals surface area contributed by atoms with E-state index in [4.69, 9.17) is 4.42 Å². The third-order valence-electron chi connectivity index (χ3n) is 5.05. The first kappa shape index (κ1) is 17.5. The van der Waals surface area contributed by atoms with E-state index in [9.17, 15) is 9.18 Å². The van der Waals surface area contributed by atoms with Crippen molar-refractivity contribution in [3.8, 4) is 0 Å². The number of carbonyl (C=O) groups excluding carboxylic acids is 1. The Bertz CT molecular complexity index is 1210. The molecule has 1 amide bonds. The molecule has 1 aliphatic rings. The minimum atomic E-state index is -0.591. The number of fused-ring (bicyclic) bond motifs is 2. The molecule has 10 heteroatoms. The second-order valence-electron chi connectivity index (χ2n) is 7.27. The Morgan fingerprint density at radius 2 is 2.24 bits per heavy atom. The number of pyridine rings is 1. The van der Waals surface area contributed by atoms with Gasteiger partial charge in [0.25, 0.3) is 0 Å². The second kappa shape index (κ2) is 6.50. The minimum Gasteiger partial charge on any atom is -0.417 e. The van der Waals surface area contributed by atoms with E-state index in [-0.39, 0.29) is 17.6 Å². The number of halogens is 1. The van der Waals surface area contributed by atoms with Crippen LogP contribution < -0.4 is 0 Å². The predicted molar refractivity (Wildman–Crippen MR) is 98.7 cm³/mol. The maximum atomic E-state index is 14.2. The average Bonchev–Trinajstić information content (AvgIpc) is 3.44. The highest BCUT2D eigenvalue weighted by Crippen LogP contribution is 2.34. The van der Waals surface area contributed by atoms with E-state index < -0.39 is 11.9 Å². The minimum absolute atomic E-state index is 0.0144. The summed E-state index contributed by atoms with van der Waals surface area (Å²) in [6.07, 6.45) is 3.85. The van der Waals surface area contributed by atoms with Crippen LogP contribution in [0.5, 0.6) is 0 Å². The number of nitrogens with zero attached hydrogens (tertiary/aromatic N) is 6. The summed E-state index contributed by atoms with van der Waals surface area (Å²) < 4.78 is 21.2. The van der Waals surface area contributed by atoms with Gasteiger partial charge in [-0.15, -0.1) is 10.2 Å². The van der Waals surface area contributed by atoms with Gasteiger partial charge in [0.05, 0.1) is 17.7 Å². The molecule has 0 fully saturated rings. The lowest BCUT2D eigenvalue weighted by atomic mass is 9.99. The van der Waals surface area contributed by atoms with Crippen molar-refractivity contribution in [1.29, 1.82) is 0 Å².